The number of amides is 1. The van der Waals surface area contributed by atoms with Gasteiger partial charge in [-0.1, -0.05) is 241 Å². The number of nitrogens with zero attached hydrogens (tertiary/aromatic N) is 1. The molecular formula is C59H109N2O6P. The van der Waals surface area contributed by atoms with Crippen LogP contribution in [0.1, 0.15) is 245 Å². The number of quaternary nitrogens is 1. The number of carbonyl (C=O) groups is 1. The average Bonchev–Trinajstić information content (AvgIpc) is 3.30. The number of unbranched alkanes of at least 4 members (excludes halogenated alkanes) is 28. The number of carbonyl (C=O) groups excluding carboxylic acids is 1. The summed E-state index contributed by atoms with van der Waals surface area (Å²) in [5, 5.41) is 13.9. The van der Waals surface area contributed by atoms with E-state index in [1.807, 2.05) is 27.2 Å². The number of phosphoric ester groups is 1. The molecule has 68 heavy (non-hydrogen) atoms. The van der Waals surface area contributed by atoms with Crippen LogP contribution in [0.25, 0.3) is 0 Å². The maximum Gasteiger partial charge on any atom is 0.268 e. The van der Waals surface area contributed by atoms with Crippen molar-refractivity contribution in [1.29, 1.82) is 0 Å². The third kappa shape index (κ3) is 51.8. The van der Waals surface area contributed by atoms with Gasteiger partial charge in [-0.15, -0.1) is 0 Å². The van der Waals surface area contributed by atoms with Crippen molar-refractivity contribution >= 4 is 13.7 Å². The molecule has 2 N–H and O–H groups in total. The lowest BCUT2D eigenvalue weighted by atomic mass is 10.0. The van der Waals surface area contributed by atoms with Crippen molar-refractivity contribution in [2.24, 2.45) is 0 Å². The van der Waals surface area contributed by atoms with Crippen molar-refractivity contribution in [1.82, 2.24) is 5.32 Å². The summed E-state index contributed by atoms with van der Waals surface area (Å²) in [6.45, 7) is 4.53. The molecule has 1 amide bonds. The summed E-state index contributed by atoms with van der Waals surface area (Å²) in [5.74, 6) is -0.213. The smallest absolute Gasteiger partial charge is 0.268 e. The minimum absolute atomic E-state index is 0.00988. The van der Waals surface area contributed by atoms with Crippen LogP contribution in [0.2, 0.25) is 0 Å². The molecule has 0 heterocycles. The number of allylic oxidation sites excluding steroid dienone is 11. The zero-order valence-electron chi connectivity index (χ0n) is 45.0. The number of likely N-dealkylation sites (N-methyl/N-ethyl adjacent to an activating group) is 1. The van der Waals surface area contributed by atoms with E-state index in [1.54, 1.807) is 6.08 Å². The normalized spacial score (nSPS) is 14.5. The van der Waals surface area contributed by atoms with Gasteiger partial charge in [0.05, 0.1) is 39.9 Å². The number of rotatable bonds is 51. The van der Waals surface area contributed by atoms with Gasteiger partial charge in [0.15, 0.2) is 0 Å². The van der Waals surface area contributed by atoms with Crippen LogP contribution < -0.4 is 10.2 Å². The van der Waals surface area contributed by atoms with Gasteiger partial charge in [0.1, 0.15) is 13.2 Å². The molecule has 8 nitrogen and oxygen atoms in total. The molecule has 0 saturated carbocycles. The highest BCUT2D eigenvalue weighted by Crippen LogP contribution is 2.38. The lowest BCUT2D eigenvalue weighted by Crippen LogP contribution is -2.45. The molecule has 0 radical (unpaired) electrons. The van der Waals surface area contributed by atoms with E-state index in [0.717, 1.165) is 70.6 Å². The SMILES string of the molecule is CC/C=C\C/C=C\C/C=C\C/C=C\CCCCCCCCCCCCC(=O)NC(COP(=O)([O-])OCC[N+](C)(C)C)C(O)/C=C/CC/C=C/CCCCCCCCCCCCCCCCCCC. The maximum absolute atomic E-state index is 13.0. The second kappa shape index (κ2) is 49.9. The van der Waals surface area contributed by atoms with Gasteiger partial charge in [0.25, 0.3) is 7.82 Å². The summed E-state index contributed by atoms with van der Waals surface area (Å²) in [7, 11) is 1.24. The van der Waals surface area contributed by atoms with E-state index in [2.05, 4.69) is 79.9 Å². The lowest BCUT2D eigenvalue weighted by Gasteiger charge is -2.29. The van der Waals surface area contributed by atoms with Gasteiger partial charge in [0, 0.05) is 6.42 Å². The molecule has 3 unspecified atom stereocenters. The van der Waals surface area contributed by atoms with Crippen molar-refractivity contribution in [2.45, 2.75) is 257 Å². The van der Waals surface area contributed by atoms with Crippen molar-refractivity contribution in [3.63, 3.8) is 0 Å². The quantitative estimate of drug-likeness (QED) is 0.0272. The third-order valence-electron chi connectivity index (χ3n) is 12.4. The molecule has 0 aliphatic carbocycles. The fourth-order valence-corrected chi connectivity index (χ4v) is 8.71. The van der Waals surface area contributed by atoms with E-state index in [0.29, 0.717) is 17.4 Å². The molecule has 0 aromatic heterocycles. The Hall–Kier alpha value is -2.06. The van der Waals surface area contributed by atoms with Gasteiger partial charge < -0.3 is 28.8 Å². The molecule has 0 bridgehead atoms. The highest BCUT2D eigenvalue weighted by molar-refractivity contribution is 7.45. The zero-order valence-corrected chi connectivity index (χ0v) is 45.9. The van der Waals surface area contributed by atoms with E-state index < -0.39 is 26.6 Å². The molecule has 0 aromatic rings. The number of hydrogen-bond acceptors (Lipinski definition) is 6. The highest BCUT2D eigenvalue weighted by atomic mass is 31.2. The Kier molecular flexibility index (Phi) is 48.4. The van der Waals surface area contributed by atoms with E-state index in [9.17, 15) is 19.4 Å². The number of nitrogens with one attached hydrogen (secondary N) is 1. The molecule has 0 aliphatic rings. The molecule has 0 aromatic carbocycles. The Morgan fingerprint density at radius 2 is 0.912 bits per heavy atom. The van der Waals surface area contributed by atoms with E-state index in [1.165, 1.54) is 154 Å². The summed E-state index contributed by atoms with van der Waals surface area (Å²) in [6.07, 6.45) is 68.3. The fourth-order valence-electron chi connectivity index (χ4n) is 7.98. The predicted octanol–water partition coefficient (Wildman–Crippen LogP) is 16.5. The molecule has 9 heteroatoms. The first-order chi connectivity index (χ1) is 33.0. The Bertz CT molecular complexity index is 1330. The standard InChI is InChI=1S/C59H109N2O6P/c1-6-8-10-12-14-16-18-20-22-24-26-28-30-32-34-36-38-40-42-44-46-48-50-52-58(62)57(56-67-68(64,65)66-55-54-61(3,4)5)60-59(63)53-51-49-47-45-43-41-39-37-35-33-31-29-27-25-23-21-19-17-15-13-11-9-7-2/h9,11,15,17,21,23,27,29,42,44,50,52,57-58,62H,6-8,10,12-14,16,18-20,22,24-26,28,30-41,43,45-49,51,53-56H2,1-5H3,(H-,60,63,64,65)/b11-9-,17-15-,23-21-,29-27-,44-42+,52-50+. The van der Waals surface area contributed by atoms with Crippen LogP contribution in [-0.2, 0) is 18.4 Å². The Balaban J connectivity index is 4.29. The molecular weight excluding hydrogens is 864 g/mol. The van der Waals surface area contributed by atoms with Crippen LogP contribution in [0.3, 0.4) is 0 Å². The van der Waals surface area contributed by atoms with Crippen molar-refractivity contribution in [2.75, 3.05) is 40.9 Å². The van der Waals surface area contributed by atoms with Crippen LogP contribution in [0, 0.1) is 0 Å². The summed E-state index contributed by atoms with van der Waals surface area (Å²) in [5.41, 5.74) is 0. The van der Waals surface area contributed by atoms with Crippen LogP contribution >= 0.6 is 7.82 Å². The topological polar surface area (TPSA) is 108 Å². The largest absolute Gasteiger partial charge is 0.756 e. The minimum Gasteiger partial charge on any atom is -0.756 e. The lowest BCUT2D eigenvalue weighted by molar-refractivity contribution is -0.870. The van der Waals surface area contributed by atoms with E-state index in [-0.39, 0.29) is 12.5 Å². The van der Waals surface area contributed by atoms with E-state index in [4.69, 9.17) is 9.05 Å². The molecule has 3 atom stereocenters. The van der Waals surface area contributed by atoms with Gasteiger partial charge in [-0.05, 0) is 70.6 Å². The van der Waals surface area contributed by atoms with Crippen LogP contribution in [-0.4, -0.2) is 68.5 Å². The number of aliphatic hydroxyl groups is 1. The Morgan fingerprint density at radius 3 is 1.37 bits per heavy atom. The third-order valence-corrected chi connectivity index (χ3v) is 13.4. The van der Waals surface area contributed by atoms with Crippen molar-refractivity contribution < 1.29 is 32.9 Å². The first-order valence-corrected chi connectivity index (χ1v) is 29.8. The molecule has 0 aliphatic heterocycles. The Morgan fingerprint density at radius 1 is 0.529 bits per heavy atom. The van der Waals surface area contributed by atoms with Crippen molar-refractivity contribution in [3.8, 4) is 0 Å². The van der Waals surface area contributed by atoms with Gasteiger partial charge in [-0.25, -0.2) is 0 Å². The van der Waals surface area contributed by atoms with Crippen LogP contribution in [0.5, 0.6) is 0 Å². The summed E-state index contributed by atoms with van der Waals surface area (Å²) in [4.78, 5) is 25.5. The van der Waals surface area contributed by atoms with Gasteiger partial charge in [0.2, 0.25) is 5.91 Å². The predicted molar refractivity (Wildman–Crippen MR) is 293 cm³/mol. The molecule has 396 valence electrons. The van der Waals surface area contributed by atoms with Crippen molar-refractivity contribution in [3.05, 3.63) is 72.9 Å². The van der Waals surface area contributed by atoms with Gasteiger partial charge >= 0.3 is 0 Å². The molecule has 0 rings (SSSR count). The van der Waals surface area contributed by atoms with E-state index >= 15 is 0 Å². The number of phosphoric acid groups is 1. The second-order valence-corrected chi connectivity index (χ2v) is 21.7. The van der Waals surface area contributed by atoms with Crippen LogP contribution in [0.15, 0.2) is 72.9 Å². The fraction of sp³-hybridized carbons (Fsp3) is 0.780. The molecule has 0 saturated heterocycles. The highest BCUT2D eigenvalue weighted by Gasteiger charge is 2.23. The zero-order chi connectivity index (χ0) is 49.9. The van der Waals surface area contributed by atoms with Gasteiger partial charge in [-0.3, -0.25) is 9.36 Å². The monoisotopic (exact) mass is 973 g/mol. The van der Waals surface area contributed by atoms with Gasteiger partial charge in [-0.2, -0.15) is 0 Å². The molecule has 0 fully saturated rings. The maximum atomic E-state index is 13.0. The summed E-state index contributed by atoms with van der Waals surface area (Å²) in [6, 6.07) is -0.910. The number of aliphatic hydroxyl groups excluding tert-OH is 1. The average molecular weight is 974 g/mol. The second-order valence-electron chi connectivity index (χ2n) is 20.3. The first-order valence-electron chi connectivity index (χ1n) is 28.3. The first kappa shape index (κ1) is 65.9. The van der Waals surface area contributed by atoms with Crippen LogP contribution in [0.4, 0.5) is 0 Å². The molecule has 0 spiro atoms. The summed E-state index contributed by atoms with van der Waals surface area (Å²) < 4.78 is 23.3. The number of hydrogen-bond donors (Lipinski definition) is 2. The summed E-state index contributed by atoms with van der Waals surface area (Å²) >= 11 is 0. The minimum atomic E-state index is -4.61. The Labute approximate surface area is 421 Å².